The predicted octanol–water partition coefficient (Wildman–Crippen LogP) is 3.44. The number of aromatic nitrogens is 4. The van der Waals surface area contributed by atoms with Gasteiger partial charge in [0.15, 0.2) is 17.3 Å². The van der Waals surface area contributed by atoms with E-state index in [1.807, 2.05) is 6.07 Å². The van der Waals surface area contributed by atoms with E-state index in [4.69, 9.17) is 5.26 Å². The number of benzene rings is 1. The lowest BCUT2D eigenvalue weighted by molar-refractivity contribution is 0.171. The molecule has 2 bridgehead atoms. The van der Waals surface area contributed by atoms with Gasteiger partial charge in [0.05, 0.1) is 17.8 Å². The zero-order chi connectivity index (χ0) is 22.5. The Morgan fingerprint density at radius 3 is 2.79 bits per heavy atom. The normalized spacial score (nSPS) is 26.2. The van der Waals surface area contributed by atoms with Crippen LogP contribution < -0.4 is 10.2 Å². The predicted molar refractivity (Wildman–Crippen MR) is 121 cm³/mol. The lowest BCUT2D eigenvalue weighted by atomic mass is 9.96. The molecular formula is C23H22FN7OS. The number of nitriles is 1. The van der Waals surface area contributed by atoms with E-state index in [9.17, 15) is 5.11 Å². The number of aromatic hydroxyl groups is 1. The van der Waals surface area contributed by atoms with E-state index in [0.717, 1.165) is 32.1 Å². The summed E-state index contributed by atoms with van der Waals surface area (Å²) in [5.41, 5.74) is 1.51. The molecule has 6 rings (SSSR count). The van der Waals surface area contributed by atoms with Gasteiger partial charge in [-0.1, -0.05) is 6.07 Å². The van der Waals surface area contributed by atoms with Crippen LogP contribution >= 0.6 is 11.3 Å². The summed E-state index contributed by atoms with van der Waals surface area (Å²) in [7, 11) is 0. The fourth-order valence-electron chi connectivity index (χ4n) is 5.05. The number of rotatable bonds is 5. The van der Waals surface area contributed by atoms with Crippen molar-refractivity contribution in [3.8, 4) is 33.8 Å². The average molecular weight is 464 g/mol. The number of nitrogens with zero attached hydrogens (tertiary/aromatic N) is 6. The van der Waals surface area contributed by atoms with Crippen molar-refractivity contribution in [2.24, 2.45) is 0 Å². The van der Waals surface area contributed by atoms with Crippen molar-refractivity contribution in [3.05, 3.63) is 35.5 Å². The highest BCUT2D eigenvalue weighted by molar-refractivity contribution is 7.13. The molecule has 2 aromatic heterocycles. The molecule has 0 unspecified atom stereocenters. The molecule has 0 amide bonds. The van der Waals surface area contributed by atoms with Crippen LogP contribution in [0.1, 0.15) is 37.8 Å². The van der Waals surface area contributed by atoms with E-state index in [1.165, 1.54) is 11.3 Å². The smallest absolute Gasteiger partial charge is 0.185 e. The van der Waals surface area contributed by atoms with E-state index >= 15 is 4.39 Å². The Bertz CT molecular complexity index is 1220. The summed E-state index contributed by atoms with van der Waals surface area (Å²) in [6, 6.07) is 7.49. The van der Waals surface area contributed by atoms with Crippen molar-refractivity contribution >= 4 is 17.2 Å². The Morgan fingerprint density at radius 1 is 1.21 bits per heavy atom. The minimum Gasteiger partial charge on any atom is -0.507 e. The summed E-state index contributed by atoms with van der Waals surface area (Å²) >= 11 is 1.34. The lowest BCUT2D eigenvalue weighted by Gasteiger charge is -2.40. The maximum Gasteiger partial charge on any atom is 0.185 e. The zero-order valence-electron chi connectivity index (χ0n) is 17.7. The van der Waals surface area contributed by atoms with E-state index in [2.05, 4.69) is 30.4 Å². The first kappa shape index (κ1) is 20.4. The summed E-state index contributed by atoms with van der Waals surface area (Å²) in [6.45, 7) is 0. The highest BCUT2D eigenvalue weighted by Gasteiger charge is 2.48. The Hall–Kier alpha value is -3.16. The zero-order valence-corrected chi connectivity index (χ0v) is 18.5. The number of alkyl halides is 1. The summed E-state index contributed by atoms with van der Waals surface area (Å²) in [5.74, 6) is 0.907. The molecule has 33 heavy (non-hydrogen) atoms. The molecule has 0 radical (unpaired) electrons. The molecule has 1 aromatic carbocycles. The molecule has 0 spiro atoms. The maximum absolute atomic E-state index is 15.2. The molecule has 2 saturated heterocycles. The number of halogens is 1. The standard InChI is InChI=1S/C23H22FN7OS/c24-21-17-6-2-13(27-17)8-18(21)31(15-3-4-15)20-10-26-22(30-29-20)16-5-1-12(7-19(16)32)23-28-14(9-25)11-33-23/h1,5,7,10-11,13,15,17-18,21,27,32H,2-4,6,8H2/t13-,17+,18-,21+/m0/s1. The summed E-state index contributed by atoms with van der Waals surface area (Å²) in [6.07, 6.45) is 5.45. The Labute approximate surface area is 194 Å². The number of thiazole rings is 1. The van der Waals surface area contributed by atoms with Gasteiger partial charge >= 0.3 is 0 Å². The fourth-order valence-corrected chi connectivity index (χ4v) is 5.79. The van der Waals surface area contributed by atoms with Crippen molar-refractivity contribution in [3.63, 3.8) is 0 Å². The van der Waals surface area contributed by atoms with Crippen LogP contribution in [-0.2, 0) is 0 Å². The van der Waals surface area contributed by atoms with Crippen molar-refractivity contribution in [1.29, 1.82) is 5.26 Å². The Morgan fingerprint density at radius 2 is 2.09 bits per heavy atom. The minimum absolute atomic E-state index is 0.00793. The van der Waals surface area contributed by atoms with E-state index < -0.39 is 6.17 Å². The van der Waals surface area contributed by atoms with Gasteiger partial charge in [-0.3, -0.25) is 0 Å². The monoisotopic (exact) mass is 463 g/mol. The molecule has 4 atom stereocenters. The lowest BCUT2D eigenvalue weighted by Crippen LogP contribution is -2.57. The van der Waals surface area contributed by atoms with E-state index in [1.54, 1.807) is 29.8 Å². The third-order valence-electron chi connectivity index (χ3n) is 6.77. The fraction of sp³-hybridized carbons (Fsp3) is 0.435. The largest absolute Gasteiger partial charge is 0.507 e. The molecule has 8 nitrogen and oxygen atoms in total. The number of hydrogen-bond donors (Lipinski definition) is 2. The van der Waals surface area contributed by atoms with Crippen LogP contribution in [0.15, 0.2) is 29.8 Å². The SMILES string of the molecule is N#Cc1csc(-c2ccc(-c3ncc(N(C4CC4)[C@H]4C[C@@H]5CC[C@@H](N5)[C@H]4F)nn3)c(O)c2)n1. The van der Waals surface area contributed by atoms with Gasteiger partial charge < -0.3 is 15.3 Å². The molecule has 1 saturated carbocycles. The van der Waals surface area contributed by atoms with E-state index in [-0.39, 0.29) is 23.9 Å². The summed E-state index contributed by atoms with van der Waals surface area (Å²) in [4.78, 5) is 10.8. The highest BCUT2D eigenvalue weighted by Crippen LogP contribution is 2.40. The molecular weight excluding hydrogens is 441 g/mol. The number of nitrogens with one attached hydrogen (secondary N) is 1. The van der Waals surface area contributed by atoms with Gasteiger partial charge in [-0.2, -0.15) is 5.26 Å². The number of hydrogen-bond acceptors (Lipinski definition) is 9. The van der Waals surface area contributed by atoms with Crippen LogP contribution in [0.2, 0.25) is 0 Å². The van der Waals surface area contributed by atoms with Gasteiger partial charge in [0, 0.05) is 29.1 Å². The van der Waals surface area contributed by atoms with Gasteiger partial charge in [0.2, 0.25) is 0 Å². The number of anilines is 1. The number of phenols is 1. The quantitative estimate of drug-likeness (QED) is 0.592. The van der Waals surface area contributed by atoms with Gasteiger partial charge in [-0.15, -0.1) is 21.5 Å². The topological polar surface area (TPSA) is 111 Å². The van der Waals surface area contributed by atoms with Gasteiger partial charge in [0.1, 0.15) is 23.0 Å². The summed E-state index contributed by atoms with van der Waals surface area (Å²) in [5, 5.41) is 34.0. The van der Waals surface area contributed by atoms with Crippen molar-refractivity contribution in [1.82, 2.24) is 25.5 Å². The molecule has 2 aliphatic heterocycles. The molecule has 10 heteroatoms. The van der Waals surface area contributed by atoms with Crippen LogP contribution in [0.3, 0.4) is 0 Å². The third-order valence-corrected chi connectivity index (χ3v) is 7.66. The first-order valence-corrected chi connectivity index (χ1v) is 12.1. The van der Waals surface area contributed by atoms with Crippen molar-refractivity contribution in [2.75, 3.05) is 4.90 Å². The maximum atomic E-state index is 15.2. The van der Waals surface area contributed by atoms with Crippen molar-refractivity contribution < 1.29 is 9.50 Å². The molecule has 3 fully saturated rings. The molecule has 4 heterocycles. The summed E-state index contributed by atoms with van der Waals surface area (Å²) < 4.78 is 15.2. The number of phenolic OH excluding ortho intramolecular Hbond substituents is 1. The number of fused-ring (bicyclic) bond motifs is 2. The Kier molecular flexibility index (Phi) is 4.96. The second-order valence-corrected chi connectivity index (χ2v) is 9.81. The Balaban J connectivity index is 1.26. The average Bonchev–Trinajstić information content (AvgIpc) is 3.39. The second-order valence-electron chi connectivity index (χ2n) is 8.95. The van der Waals surface area contributed by atoms with Crippen LogP contribution in [-0.4, -0.2) is 55.6 Å². The third kappa shape index (κ3) is 3.71. The van der Waals surface area contributed by atoms with Gasteiger partial charge in [-0.25, -0.2) is 14.4 Å². The van der Waals surface area contributed by atoms with Crippen LogP contribution in [0, 0.1) is 11.3 Å². The highest BCUT2D eigenvalue weighted by atomic mass is 32.1. The first-order chi connectivity index (χ1) is 16.1. The number of piperidine rings is 1. The van der Waals surface area contributed by atoms with Crippen LogP contribution in [0.5, 0.6) is 5.75 Å². The van der Waals surface area contributed by atoms with Crippen molar-refractivity contribution in [2.45, 2.75) is 62.4 Å². The molecule has 3 aromatic rings. The molecule has 1 aliphatic carbocycles. The molecule has 168 valence electrons. The van der Waals surface area contributed by atoms with Gasteiger partial charge in [-0.05, 0) is 44.2 Å². The molecule has 3 aliphatic rings. The van der Waals surface area contributed by atoms with E-state index in [0.29, 0.717) is 39.5 Å². The van der Waals surface area contributed by atoms with Crippen LogP contribution in [0.4, 0.5) is 10.2 Å². The minimum atomic E-state index is -0.935. The second kappa shape index (κ2) is 8.01. The molecule has 2 N–H and O–H groups in total. The first-order valence-electron chi connectivity index (χ1n) is 11.2. The van der Waals surface area contributed by atoms with Crippen LogP contribution in [0.25, 0.3) is 22.0 Å². The van der Waals surface area contributed by atoms with Gasteiger partial charge in [0.25, 0.3) is 0 Å².